The molecule has 0 amide bonds. The van der Waals surface area contributed by atoms with Crippen LogP contribution in [0.25, 0.3) is 10.8 Å². The molecule has 0 saturated carbocycles. The van der Waals surface area contributed by atoms with Crippen LogP contribution < -0.4 is 4.74 Å². The number of carbonyl (C=O) groups excluding carboxylic acids is 1. The van der Waals surface area contributed by atoms with Crippen molar-refractivity contribution in [2.45, 2.75) is 6.42 Å². The highest BCUT2D eigenvalue weighted by Gasteiger charge is 1.99. The molecule has 0 saturated heterocycles. The number of fused-ring (bicyclic) bond motifs is 1. The van der Waals surface area contributed by atoms with Crippen molar-refractivity contribution in [3.05, 3.63) is 52.6 Å². The Balaban J connectivity index is 1.86. The van der Waals surface area contributed by atoms with Crippen molar-refractivity contribution in [2.24, 2.45) is 0 Å². The van der Waals surface area contributed by atoms with Crippen molar-refractivity contribution in [2.75, 3.05) is 13.2 Å². The molecule has 0 fully saturated rings. The maximum absolute atomic E-state index is 10.8. The lowest BCUT2D eigenvalue weighted by Crippen LogP contribution is -2.06. The van der Waals surface area contributed by atoms with E-state index in [2.05, 4.69) is 47.4 Å². The van der Waals surface area contributed by atoms with Gasteiger partial charge in [-0.15, -0.1) is 0 Å². The normalized spacial score (nSPS) is 10.2. The zero-order valence-electron chi connectivity index (χ0n) is 11.0. The van der Waals surface area contributed by atoms with Gasteiger partial charge in [0.2, 0.25) is 0 Å². The van der Waals surface area contributed by atoms with Crippen LogP contribution in [0.2, 0.25) is 0 Å². The van der Waals surface area contributed by atoms with Gasteiger partial charge in [0.15, 0.2) is 0 Å². The van der Waals surface area contributed by atoms with Crippen LogP contribution in [0.5, 0.6) is 5.75 Å². The van der Waals surface area contributed by atoms with Gasteiger partial charge >= 0.3 is 5.97 Å². The fourth-order valence-corrected chi connectivity index (χ4v) is 2.28. The Morgan fingerprint density at radius 2 is 1.90 bits per heavy atom. The van der Waals surface area contributed by atoms with Crippen LogP contribution in [0.1, 0.15) is 6.42 Å². The van der Waals surface area contributed by atoms with Gasteiger partial charge in [0.25, 0.3) is 0 Å². The van der Waals surface area contributed by atoms with E-state index in [4.69, 9.17) is 9.47 Å². The molecule has 0 aliphatic rings. The van der Waals surface area contributed by atoms with Gasteiger partial charge in [-0.25, -0.2) is 4.79 Å². The minimum absolute atomic E-state index is 0.344. The van der Waals surface area contributed by atoms with Crippen molar-refractivity contribution in [3.8, 4) is 5.75 Å². The maximum Gasteiger partial charge on any atom is 0.330 e. The second-order valence-corrected chi connectivity index (χ2v) is 5.47. The summed E-state index contributed by atoms with van der Waals surface area (Å²) in [6, 6.07) is 12.3. The summed E-state index contributed by atoms with van der Waals surface area (Å²) in [6.07, 6.45) is 1.82. The van der Waals surface area contributed by atoms with E-state index in [1.54, 1.807) is 0 Å². The Hall–Kier alpha value is -1.56. The molecule has 0 aliphatic heterocycles. The quantitative estimate of drug-likeness (QED) is 0.329. The molecule has 2 aromatic rings. The first-order valence-corrected chi connectivity index (χ1v) is 7.38. The first-order chi connectivity index (χ1) is 9.69. The van der Waals surface area contributed by atoms with Gasteiger partial charge in [-0.05, 0) is 57.6 Å². The van der Waals surface area contributed by atoms with Crippen LogP contribution in [-0.4, -0.2) is 19.2 Å². The molecule has 0 spiro atoms. The zero-order chi connectivity index (χ0) is 14.4. The number of ether oxygens (including phenoxy) is 2. The Morgan fingerprint density at radius 1 is 1.15 bits per heavy atom. The molecule has 4 heteroatoms. The van der Waals surface area contributed by atoms with Crippen molar-refractivity contribution in [1.29, 1.82) is 0 Å². The average molecular weight is 382 g/mol. The number of rotatable bonds is 6. The number of hydrogen-bond donors (Lipinski definition) is 0. The number of halogens is 1. The van der Waals surface area contributed by atoms with E-state index in [0.717, 1.165) is 17.2 Å². The molecule has 0 N–H and O–H groups in total. The minimum Gasteiger partial charge on any atom is -0.493 e. The Bertz CT molecular complexity index is 622. The molecule has 2 aromatic carbocycles. The summed E-state index contributed by atoms with van der Waals surface area (Å²) in [5.74, 6) is 0.430. The number of hydrogen-bond acceptors (Lipinski definition) is 3. The summed E-state index contributed by atoms with van der Waals surface area (Å²) < 4.78 is 11.7. The van der Waals surface area contributed by atoms with Gasteiger partial charge in [0.1, 0.15) is 5.75 Å². The number of benzene rings is 2. The molecule has 2 rings (SSSR count). The Kier molecular flexibility index (Phi) is 5.40. The summed E-state index contributed by atoms with van der Waals surface area (Å²) in [5, 5.41) is 2.35. The first kappa shape index (κ1) is 14.8. The van der Waals surface area contributed by atoms with Crippen molar-refractivity contribution >= 4 is 39.3 Å². The first-order valence-electron chi connectivity index (χ1n) is 6.30. The fraction of sp³-hybridized carbons (Fsp3) is 0.188. The smallest absolute Gasteiger partial charge is 0.330 e. The van der Waals surface area contributed by atoms with Gasteiger partial charge in [-0.3, -0.25) is 0 Å². The third kappa shape index (κ3) is 4.23. The summed E-state index contributed by atoms with van der Waals surface area (Å²) in [4.78, 5) is 10.8. The molecular weight excluding hydrogens is 367 g/mol. The predicted molar refractivity (Wildman–Crippen MR) is 87.9 cm³/mol. The van der Waals surface area contributed by atoms with E-state index in [1.165, 1.54) is 8.96 Å². The molecule has 20 heavy (non-hydrogen) atoms. The molecule has 0 bridgehead atoms. The van der Waals surface area contributed by atoms with Crippen LogP contribution in [0.4, 0.5) is 0 Å². The highest BCUT2D eigenvalue weighted by Crippen LogP contribution is 2.22. The molecule has 3 nitrogen and oxygen atoms in total. The zero-order valence-corrected chi connectivity index (χ0v) is 13.1. The topological polar surface area (TPSA) is 35.5 Å². The number of carbonyl (C=O) groups is 1. The average Bonchev–Trinajstić information content (AvgIpc) is 2.46. The van der Waals surface area contributed by atoms with Gasteiger partial charge in [0, 0.05) is 16.1 Å². The van der Waals surface area contributed by atoms with Crippen molar-refractivity contribution in [1.82, 2.24) is 0 Å². The fourth-order valence-electron chi connectivity index (χ4n) is 1.77. The van der Waals surface area contributed by atoms with E-state index in [-0.39, 0.29) is 0 Å². The third-order valence-corrected chi connectivity index (χ3v) is 3.41. The van der Waals surface area contributed by atoms with Crippen LogP contribution in [0.15, 0.2) is 49.1 Å². The molecule has 0 aromatic heterocycles. The monoisotopic (exact) mass is 382 g/mol. The van der Waals surface area contributed by atoms with Gasteiger partial charge in [0.05, 0.1) is 13.2 Å². The maximum atomic E-state index is 10.8. The summed E-state index contributed by atoms with van der Waals surface area (Å²) in [5.41, 5.74) is 0. The van der Waals surface area contributed by atoms with E-state index in [1.807, 2.05) is 18.2 Å². The SMILES string of the molecule is C=CC(=O)OCCCOc1ccc2cc(I)ccc2c1. The molecule has 0 unspecified atom stereocenters. The molecule has 0 atom stereocenters. The summed E-state index contributed by atoms with van der Waals surface area (Å²) in [7, 11) is 0. The lowest BCUT2D eigenvalue weighted by Gasteiger charge is -2.07. The minimum atomic E-state index is -0.398. The second kappa shape index (κ2) is 7.28. The molecule has 104 valence electrons. The highest BCUT2D eigenvalue weighted by atomic mass is 127. The molecule has 0 radical (unpaired) electrons. The highest BCUT2D eigenvalue weighted by molar-refractivity contribution is 14.1. The molecule has 0 heterocycles. The molecular formula is C16H15IO3. The second-order valence-electron chi connectivity index (χ2n) is 4.23. The Morgan fingerprint density at radius 3 is 2.70 bits per heavy atom. The Labute approximate surface area is 131 Å². The van der Waals surface area contributed by atoms with Crippen LogP contribution in [-0.2, 0) is 9.53 Å². The standard InChI is InChI=1S/C16H15IO3/c1-2-16(18)20-9-3-8-19-15-7-5-12-10-14(17)6-4-13(12)11-15/h2,4-7,10-11H,1,3,8-9H2. The third-order valence-electron chi connectivity index (χ3n) is 2.74. The van der Waals surface area contributed by atoms with E-state index < -0.39 is 5.97 Å². The van der Waals surface area contributed by atoms with Gasteiger partial charge in [-0.1, -0.05) is 18.7 Å². The summed E-state index contributed by atoms with van der Waals surface area (Å²) >= 11 is 2.30. The van der Waals surface area contributed by atoms with E-state index >= 15 is 0 Å². The lowest BCUT2D eigenvalue weighted by molar-refractivity contribution is -0.137. The van der Waals surface area contributed by atoms with Crippen LogP contribution in [0, 0.1) is 3.57 Å². The van der Waals surface area contributed by atoms with Crippen molar-refractivity contribution < 1.29 is 14.3 Å². The van der Waals surface area contributed by atoms with Crippen molar-refractivity contribution in [3.63, 3.8) is 0 Å². The van der Waals surface area contributed by atoms with Crippen LogP contribution >= 0.6 is 22.6 Å². The lowest BCUT2D eigenvalue weighted by atomic mass is 10.1. The van der Waals surface area contributed by atoms with Gasteiger partial charge in [-0.2, -0.15) is 0 Å². The number of esters is 1. The molecule has 0 aliphatic carbocycles. The predicted octanol–water partition coefficient (Wildman–Crippen LogP) is 3.94. The van der Waals surface area contributed by atoms with Gasteiger partial charge < -0.3 is 9.47 Å². The largest absolute Gasteiger partial charge is 0.493 e. The summed E-state index contributed by atoms with van der Waals surface area (Å²) in [6.45, 7) is 4.19. The van der Waals surface area contributed by atoms with Crippen LogP contribution in [0.3, 0.4) is 0 Å². The van der Waals surface area contributed by atoms with E-state index in [0.29, 0.717) is 19.6 Å². The van der Waals surface area contributed by atoms with E-state index in [9.17, 15) is 4.79 Å².